The van der Waals surface area contributed by atoms with E-state index in [9.17, 15) is 9.18 Å². The molecule has 0 saturated carbocycles. The summed E-state index contributed by atoms with van der Waals surface area (Å²) in [4.78, 5) is 17.2. The largest absolute Gasteiger partial charge is 0.478 e. The molecule has 126 valence electrons. The molecule has 1 aromatic carbocycles. The number of nitrogens with one attached hydrogen (secondary N) is 1. The molecule has 3 rings (SSSR count). The second kappa shape index (κ2) is 7.40. The lowest BCUT2D eigenvalue weighted by molar-refractivity contribution is 0.0696. The standard InChI is InChI=1S/C18H20FN3O2/c19-15-3-1-2-13(10-15)11-20-16-6-8-22(9-7-16)17-5-4-14(12-21-17)18(23)24/h1-5,10,12,16,20H,6-9,11H2,(H,23,24). The third-order valence-corrected chi connectivity index (χ3v) is 4.30. The molecule has 0 radical (unpaired) electrons. The van der Waals surface area contributed by atoms with Crippen molar-refractivity contribution in [2.75, 3.05) is 18.0 Å². The SMILES string of the molecule is O=C(O)c1ccc(N2CCC(NCc3cccc(F)c3)CC2)nc1. The zero-order valence-electron chi connectivity index (χ0n) is 13.3. The average molecular weight is 329 g/mol. The number of piperidine rings is 1. The van der Waals surface area contributed by atoms with Crippen LogP contribution in [-0.4, -0.2) is 35.2 Å². The van der Waals surface area contributed by atoms with Crippen LogP contribution in [0.5, 0.6) is 0 Å². The van der Waals surface area contributed by atoms with E-state index in [4.69, 9.17) is 5.11 Å². The second-order valence-electron chi connectivity index (χ2n) is 5.98. The molecule has 1 aliphatic heterocycles. The van der Waals surface area contributed by atoms with Gasteiger partial charge in [-0.3, -0.25) is 0 Å². The minimum absolute atomic E-state index is 0.199. The summed E-state index contributed by atoms with van der Waals surface area (Å²) in [7, 11) is 0. The lowest BCUT2D eigenvalue weighted by Gasteiger charge is -2.33. The molecule has 1 saturated heterocycles. The maximum Gasteiger partial charge on any atom is 0.337 e. The summed E-state index contributed by atoms with van der Waals surface area (Å²) >= 11 is 0. The van der Waals surface area contributed by atoms with Crippen LogP contribution in [-0.2, 0) is 6.54 Å². The fourth-order valence-electron chi connectivity index (χ4n) is 2.92. The van der Waals surface area contributed by atoms with Gasteiger partial charge in [0.15, 0.2) is 0 Å². The van der Waals surface area contributed by atoms with Crippen LogP contribution in [0.2, 0.25) is 0 Å². The van der Waals surface area contributed by atoms with Crippen LogP contribution in [0.3, 0.4) is 0 Å². The molecule has 0 atom stereocenters. The number of rotatable bonds is 5. The Bertz CT molecular complexity index is 698. The van der Waals surface area contributed by atoms with Crippen LogP contribution in [0.4, 0.5) is 10.2 Å². The highest BCUT2D eigenvalue weighted by Gasteiger charge is 2.20. The zero-order chi connectivity index (χ0) is 16.9. The van der Waals surface area contributed by atoms with E-state index in [-0.39, 0.29) is 11.4 Å². The highest BCUT2D eigenvalue weighted by molar-refractivity contribution is 5.87. The molecule has 0 amide bonds. The van der Waals surface area contributed by atoms with Gasteiger partial charge in [0, 0.05) is 31.9 Å². The minimum Gasteiger partial charge on any atom is -0.478 e. The number of carboxylic acid groups (broad SMARTS) is 1. The van der Waals surface area contributed by atoms with Gasteiger partial charge in [0.25, 0.3) is 0 Å². The van der Waals surface area contributed by atoms with Crippen molar-refractivity contribution >= 4 is 11.8 Å². The van der Waals surface area contributed by atoms with Crippen LogP contribution >= 0.6 is 0 Å². The van der Waals surface area contributed by atoms with E-state index >= 15 is 0 Å². The average Bonchev–Trinajstić information content (AvgIpc) is 2.61. The Balaban J connectivity index is 1.49. The van der Waals surface area contributed by atoms with Gasteiger partial charge in [-0.2, -0.15) is 0 Å². The van der Waals surface area contributed by atoms with Crippen molar-refractivity contribution < 1.29 is 14.3 Å². The van der Waals surface area contributed by atoms with Gasteiger partial charge in [0.1, 0.15) is 11.6 Å². The van der Waals surface area contributed by atoms with Gasteiger partial charge in [0.2, 0.25) is 0 Å². The molecule has 0 spiro atoms. The summed E-state index contributed by atoms with van der Waals surface area (Å²) in [6.45, 7) is 2.38. The molecule has 0 aliphatic carbocycles. The first-order chi connectivity index (χ1) is 11.6. The van der Waals surface area contributed by atoms with Gasteiger partial charge in [-0.1, -0.05) is 12.1 Å². The predicted octanol–water partition coefficient (Wildman–Crippen LogP) is 2.68. The van der Waals surface area contributed by atoms with Crippen molar-refractivity contribution in [2.45, 2.75) is 25.4 Å². The quantitative estimate of drug-likeness (QED) is 0.883. The summed E-state index contributed by atoms with van der Waals surface area (Å²) < 4.78 is 13.2. The molecule has 1 aromatic heterocycles. The van der Waals surface area contributed by atoms with Crippen LogP contribution in [0.15, 0.2) is 42.6 Å². The number of benzene rings is 1. The minimum atomic E-state index is -0.964. The Labute approximate surface area is 140 Å². The second-order valence-corrected chi connectivity index (χ2v) is 5.98. The first kappa shape index (κ1) is 16.4. The number of pyridine rings is 1. The summed E-state index contributed by atoms with van der Waals surface area (Å²) in [5.41, 5.74) is 1.15. The van der Waals surface area contributed by atoms with Gasteiger partial charge in [0.05, 0.1) is 5.56 Å². The van der Waals surface area contributed by atoms with Gasteiger partial charge >= 0.3 is 5.97 Å². The molecule has 2 aromatic rings. The van der Waals surface area contributed by atoms with E-state index in [1.807, 2.05) is 6.07 Å². The van der Waals surface area contributed by atoms with Crippen LogP contribution in [0, 0.1) is 5.82 Å². The van der Waals surface area contributed by atoms with Crippen molar-refractivity contribution in [1.82, 2.24) is 10.3 Å². The molecule has 24 heavy (non-hydrogen) atoms. The summed E-state index contributed by atoms with van der Waals surface area (Å²) in [5, 5.41) is 12.4. The molecule has 0 unspecified atom stereocenters. The summed E-state index contributed by atoms with van der Waals surface area (Å²) in [6.07, 6.45) is 3.33. The Morgan fingerprint density at radius 1 is 1.29 bits per heavy atom. The first-order valence-electron chi connectivity index (χ1n) is 8.04. The number of carbonyl (C=O) groups is 1. The third kappa shape index (κ3) is 4.08. The number of anilines is 1. The predicted molar refractivity (Wildman–Crippen MR) is 89.7 cm³/mol. The molecule has 6 heteroatoms. The molecular formula is C18H20FN3O2. The van der Waals surface area contributed by atoms with E-state index < -0.39 is 5.97 Å². The number of halogens is 1. The van der Waals surface area contributed by atoms with E-state index in [2.05, 4.69) is 15.2 Å². The fourth-order valence-corrected chi connectivity index (χ4v) is 2.92. The molecular weight excluding hydrogens is 309 g/mol. The van der Waals surface area contributed by atoms with Crippen LogP contribution in [0.1, 0.15) is 28.8 Å². The van der Waals surface area contributed by atoms with Gasteiger partial charge in [-0.05, 0) is 42.7 Å². The number of aromatic nitrogens is 1. The number of carboxylic acids is 1. The fraction of sp³-hybridized carbons (Fsp3) is 0.333. The van der Waals surface area contributed by atoms with Crippen molar-refractivity contribution in [2.24, 2.45) is 0 Å². The Morgan fingerprint density at radius 3 is 2.71 bits per heavy atom. The third-order valence-electron chi connectivity index (χ3n) is 4.30. The van der Waals surface area contributed by atoms with Gasteiger partial charge in [-0.15, -0.1) is 0 Å². The summed E-state index contributed by atoms with van der Waals surface area (Å²) in [5.74, 6) is -0.363. The zero-order valence-corrected chi connectivity index (χ0v) is 13.3. The van der Waals surface area contributed by atoms with E-state index in [1.54, 1.807) is 24.3 Å². The molecule has 2 heterocycles. The van der Waals surface area contributed by atoms with Crippen LogP contribution < -0.4 is 10.2 Å². The topological polar surface area (TPSA) is 65.5 Å². The highest BCUT2D eigenvalue weighted by Crippen LogP contribution is 2.18. The normalized spacial score (nSPS) is 15.5. The smallest absolute Gasteiger partial charge is 0.337 e. The van der Waals surface area contributed by atoms with E-state index in [0.29, 0.717) is 12.6 Å². The lowest BCUT2D eigenvalue weighted by atomic mass is 10.0. The highest BCUT2D eigenvalue weighted by atomic mass is 19.1. The van der Waals surface area contributed by atoms with Crippen molar-refractivity contribution in [3.8, 4) is 0 Å². The number of hydrogen-bond acceptors (Lipinski definition) is 4. The molecule has 0 bridgehead atoms. The monoisotopic (exact) mass is 329 g/mol. The molecule has 2 N–H and O–H groups in total. The van der Waals surface area contributed by atoms with Crippen LogP contribution in [0.25, 0.3) is 0 Å². The van der Waals surface area contributed by atoms with Crippen molar-refractivity contribution in [1.29, 1.82) is 0 Å². The maximum atomic E-state index is 13.2. The first-order valence-corrected chi connectivity index (χ1v) is 8.04. The maximum absolute atomic E-state index is 13.2. The lowest BCUT2D eigenvalue weighted by Crippen LogP contribution is -2.42. The van der Waals surface area contributed by atoms with Gasteiger partial charge in [-0.25, -0.2) is 14.2 Å². The molecule has 1 aliphatic rings. The number of aromatic carboxylic acids is 1. The summed E-state index contributed by atoms with van der Waals surface area (Å²) in [6, 6.07) is 10.4. The van der Waals surface area contributed by atoms with E-state index in [0.717, 1.165) is 37.3 Å². The van der Waals surface area contributed by atoms with Crippen molar-refractivity contribution in [3.05, 3.63) is 59.5 Å². The Hall–Kier alpha value is -2.47. The Morgan fingerprint density at radius 2 is 2.08 bits per heavy atom. The van der Waals surface area contributed by atoms with E-state index in [1.165, 1.54) is 12.3 Å². The Kier molecular flexibility index (Phi) is 5.05. The molecule has 5 nitrogen and oxygen atoms in total. The van der Waals surface area contributed by atoms with Gasteiger partial charge < -0.3 is 15.3 Å². The number of nitrogens with zero attached hydrogens (tertiary/aromatic N) is 2. The number of hydrogen-bond donors (Lipinski definition) is 2. The van der Waals surface area contributed by atoms with Crippen molar-refractivity contribution in [3.63, 3.8) is 0 Å². The molecule has 1 fully saturated rings.